The van der Waals surface area contributed by atoms with Gasteiger partial charge in [-0.05, 0) is 55.3 Å². The van der Waals surface area contributed by atoms with Crippen molar-refractivity contribution >= 4 is 23.4 Å². The Morgan fingerprint density at radius 1 is 1.14 bits per heavy atom. The van der Waals surface area contributed by atoms with Crippen LogP contribution >= 0.6 is 11.3 Å². The third-order valence-corrected chi connectivity index (χ3v) is 6.42. The van der Waals surface area contributed by atoms with Crippen molar-refractivity contribution in [2.75, 3.05) is 26.9 Å². The summed E-state index contributed by atoms with van der Waals surface area (Å²) >= 11 is 1.21. The number of methoxy groups -OCH3 is 1. The number of thiazole rings is 1. The highest BCUT2D eigenvalue weighted by Gasteiger charge is 2.33. The van der Waals surface area contributed by atoms with E-state index in [1.54, 1.807) is 37.3 Å². The Balaban J connectivity index is 1.85. The number of hydrogen-bond acceptors (Lipinski definition) is 7. The van der Waals surface area contributed by atoms with E-state index in [1.807, 2.05) is 19.1 Å². The first kappa shape index (κ1) is 24.6. The lowest BCUT2D eigenvalue weighted by Gasteiger charge is -2.25. The molecule has 0 N–H and O–H groups in total. The summed E-state index contributed by atoms with van der Waals surface area (Å²) in [5.41, 5.74) is 1.86. The maximum atomic E-state index is 13.6. The predicted octanol–water partition coefficient (Wildman–Crippen LogP) is 2.96. The molecule has 0 bridgehead atoms. The van der Waals surface area contributed by atoms with Gasteiger partial charge in [0.1, 0.15) is 18.2 Å². The van der Waals surface area contributed by atoms with E-state index >= 15 is 0 Å². The lowest BCUT2D eigenvalue weighted by atomic mass is 9.96. The molecule has 0 fully saturated rings. The zero-order chi connectivity index (χ0) is 24.9. The second kappa shape index (κ2) is 10.8. The van der Waals surface area contributed by atoms with Crippen molar-refractivity contribution in [3.63, 3.8) is 0 Å². The Kier molecular flexibility index (Phi) is 7.57. The SMILES string of the molecule is CCOc1ccc(C2C(C(=O)OCCOC)=C(C)N=c3s/c(=C\c4ccc(F)cc4)c(=O)n32)cc1. The van der Waals surface area contributed by atoms with Gasteiger partial charge < -0.3 is 14.2 Å². The first-order valence-electron chi connectivity index (χ1n) is 11.1. The molecule has 1 atom stereocenters. The van der Waals surface area contributed by atoms with Gasteiger partial charge in [0.2, 0.25) is 0 Å². The van der Waals surface area contributed by atoms with E-state index in [0.29, 0.717) is 33.0 Å². The molecular weight excluding hydrogens is 471 g/mol. The number of rotatable bonds is 8. The largest absolute Gasteiger partial charge is 0.494 e. The second-order valence-corrected chi connectivity index (χ2v) is 8.77. The highest BCUT2D eigenvalue weighted by atomic mass is 32.1. The monoisotopic (exact) mass is 496 g/mol. The minimum atomic E-state index is -0.729. The van der Waals surface area contributed by atoms with Gasteiger partial charge in [0.05, 0.1) is 35.1 Å². The van der Waals surface area contributed by atoms with Crippen LogP contribution in [0.25, 0.3) is 6.08 Å². The highest BCUT2D eigenvalue weighted by Crippen LogP contribution is 2.31. The smallest absolute Gasteiger partial charge is 0.338 e. The summed E-state index contributed by atoms with van der Waals surface area (Å²) in [4.78, 5) is 31.7. The normalized spacial score (nSPS) is 15.5. The molecule has 0 radical (unpaired) electrons. The Bertz CT molecular complexity index is 1420. The molecule has 7 nitrogen and oxygen atoms in total. The fourth-order valence-corrected chi connectivity index (χ4v) is 4.86. The van der Waals surface area contributed by atoms with Crippen molar-refractivity contribution < 1.29 is 23.4 Å². The molecule has 0 saturated heterocycles. The lowest BCUT2D eigenvalue weighted by molar-refractivity contribution is -0.140. The molecular formula is C26H25FN2O5S. The van der Waals surface area contributed by atoms with Gasteiger partial charge in [-0.1, -0.05) is 35.6 Å². The van der Waals surface area contributed by atoms with Crippen LogP contribution in [0.5, 0.6) is 5.75 Å². The van der Waals surface area contributed by atoms with E-state index in [0.717, 1.165) is 5.56 Å². The van der Waals surface area contributed by atoms with Gasteiger partial charge in [-0.25, -0.2) is 14.2 Å². The molecule has 1 aliphatic heterocycles. The number of carbonyl (C=O) groups is 1. The molecule has 9 heteroatoms. The van der Waals surface area contributed by atoms with E-state index in [4.69, 9.17) is 14.2 Å². The van der Waals surface area contributed by atoms with Crippen LogP contribution in [-0.2, 0) is 14.3 Å². The molecule has 0 amide bonds. The molecule has 2 aromatic carbocycles. The highest BCUT2D eigenvalue weighted by molar-refractivity contribution is 7.07. The van der Waals surface area contributed by atoms with E-state index in [9.17, 15) is 14.0 Å². The number of carbonyl (C=O) groups excluding carboxylic acids is 1. The number of aromatic nitrogens is 1. The maximum Gasteiger partial charge on any atom is 0.338 e. The van der Waals surface area contributed by atoms with Crippen LogP contribution in [0.4, 0.5) is 4.39 Å². The van der Waals surface area contributed by atoms with Crippen molar-refractivity contribution in [1.29, 1.82) is 0 Å². The summed E-state index contributed by atoms with van der Waals surface area (Å²) in [6.07, 6.45) is 1.69. The molecule has 35 heavy (non-hydrogen) atoms. The minimum Gasteiger partial charge on any atom is -0.494 e. The molecule has 0 spiro atoms. The Hall–Kier alpha value is -3.56. The second-order valence-electron chi connectivity index (χ2n) is 7.76. The molecule has 0 aliphatic carbocycles. The predicted molar refractivity (Wildman–Crippen MR) is 131 cm³/mol. The average Bonchev–Trinajstić information content (AvgIpc) is 3.15. The standard InChI is InChI=1S/C26H25FN2O5S/c1-4-33-20-11-7-18(8-12-20)23-22(25(31)34-14-13-32-3)16(2)28-26-29(23)24(30)21(35-26)15-17-5-9-19(27)10-6-17/h5-12,15,23H,4,13-14H2,1-3H3/b21-15-. The molecule has 1 aliphatic rings. The fraction of sp³-hybridized carbons (Fsp3) is 0.269. The first-order valence-corrected chi connectivity index (χ1v) is 11.9. The number of hydrogen-bond donors (Lipinski definition) is 0. The van der Waals surface area contributed by atoms with Gasteiger partial charge in [0, 0.05) is 7.11 Å². The molecule has 2 heterocycles. The van der Waals surface area contributed by atoms with Crippen molar-refractivity contribution in [1.82, 2.24) is 4.57 Å². The van der Waals surface area contributed by atoms with E-state index < -0.39 is 12.0 Å². The van der Waals surface area contributed by atoms with Crippen LogP contribution in [0.2, 0.25) is 0 Å². The Morgan fingerprint density at radius 3 is 2.51 bits per heavy atom. The summed E-state index contributed by atoms with van der Waals surface area (Å²) in [5, 5.41) is 0. The number of fused-ring (bicyclic) bond motifs is 1. The van der Waals surface area contributed by atoms with Gasteiger partial charge >= 0.3 is 5.97 Å². The van der Waals surface area contributed by atoms with Gasteiger partial charge in [-0.2, -0.15) is 0 Å². The summed E-state index contributed by atoms with van der Waals surface area (Å²) in [6.45, 7) is 4.48. The summed E-state index contributed by atoms with van der Waals surface area (Å²) in [6, 6.07) is 12.4. The Labute approximate surface area is 205 Å². The van der Waals surface area contributed by atoms with Crippen molar-refractivity contribution in [3.8, 4) is 5.75 Å². The Morgan fingerprint density at radius 2 is 1.86 bits per heavy atom. The third-order valence-electron chi connectivity index (χ3n) is 5.44. The summed E-state index contributed by atoms with van der Waals surface area (Å²) in [7, 11) is 1.52. The molecule has 1 unspecified atom stereocenters. The zero-order valence-corrected chi connectivity index (χ0v) is 20.4. The lowest BCUT2D eigenvalue weighted by Crippen LogP contribution is -2.40. The number of benzene rings is 2. The van der Waals surface area contributed by atoms with Crippen LogP contribution in [0, 0.1) is 5.82 Å². The fourth-order valence-electron chi connectivity index (χ4n) is 3.82. The van der Waals surface area contributed by atoms with Crippen molar-refractivity contribution in [2.45, 2.75) is 19.9 Å². The topological polar surface area (TPSA) is 79.1 Å². The third kappa shape index (κ3) is 5.26. The zero-order valence-electron chi connectivity index (χ0n) is 19.6. The summed E-state index contributed by atoms with van der Waals surface area (Å²) < 4.78 is 31.2. The molecule has 182 valence electrons. The molecule has 1 aromatic heterocycles. The first-order chi connectivity index (χ1) is 16.9. The van der Waals surface area contributed by atoms with Crippen LogP contribution in [0.1, 0.15) is 31.0 Å². The van der Waals surface area contributed by atoms with Crippen LogP contribution < -0.4 is 19.6 Å². The van der Waals surface area contributed by atoms with Gasteiger partial charge in [-0.15, -0.1) is 0 Å². The van der Waals surface area contributed by atoms with Crippen molar-refractivity contribution in [3.05, 3.63) is 96.4 Å². The number of allylic oxidation sites excluding steroid dienone is 1. The van der Waals surface area contributed by atoms with Gasteiger partial charge in [0.15, 0.2) is 4.80 Å². The molecule has 3 aromatic rings. The summed E-state index contributed by atoms with van der Waals surface area (Å²) in [5.74, 6) is -0.230. The minimum absolute atomic E-state index is 0.0805. The maximum absolute atomic E-state index is 13.6. The quantitative estimate of drug-likeness (QED) is 0.354. The van der Waals surface area contributed by atoms with E-state index in [2.05, 4.69) is 4.99 Å². The average molecular weight is 497 g/mol. The van der Waals surface area contributed by atoms with E-state index in [-0.39, 0.29) is 30.2 Å². The number of ether oxygens (including phenoxy) is 3. The number of nitrogens with zero attached hydrogens (tertiary/aromatic N) is 2. The van der Waals surface area contributed by atoms with E-state index in [1.165, 1.54) is 35.1 Å². The molecule has 0 saturated carbocycles. The van der Waals surface area contributed by atoms with Crippen LogP contribution in [0.15, 0.2) is 69.6 Å². The van der Waals surface area contributed by atoms with Gasteiger partial charge in [0.25, 0.3) is 5.56 Å². The van der Waals surface area contributed by atoms with Crippen LogP contribution in [-0.4, -0.2) is 37.5 Å². The number of esters is 1. The van der Waals surface area contributed by atoms with Gasteiger partial charge in [-0.3, -0.25) is 9.36 Å². The van der Waals surface area contributed by atoms with Crippen molar-refractivity contribution in [2.24, 2.45) is 4.99 Å². The molecule has 4 rings (SSSR count). The number of halogens is 1. The van der Waals surface area contributed by atoms with Crippen LogP contribution in [0.3, 0.4) is 0 Å².